The topological polar surface area (TPSA) is 70.3 Å². The smallest absolute Gasteiger partial charge is 0.339 e. The summed E-state index contributed by atoms with van der Waals surface area (Å²) in [5.41, 5.74) is 0.174. The number of phenolic OH excluding ortho intramolecular Hbond substituents is 1. The third-order valence-corrected chi connectivity index (χ3v) is 2.01. The van der Waals surface area contributed by atoms with Crippen molar-refractivity contribution >= 4 is 18.6 Å². The highest BCUT2D eigenvalue weighted by molar-refractivity contribution is 7.80. The lowest BCUT2D eigenvalue weighted by molar-refractivity contribution is 0.0597. The molecule has 1 N–H and O–H groups in total. The summed E-state index contributed by atoms with van der Waals surface area (Å²) >= 11 is 3.98. The van der Waals surface area contributed by atoms with Gasteiger partial charge in [0, 0.05) is 4.90 Å². The zero-order valence-corrected chi connectivity index (χ0v) is 8.21. The third-order valence-electron chi connectivity index (χ3n) is 1.64. The molecular weight excluding hydrogens is 202 g/mol. The van der Waals surface area contributed by atoms with Gasteiger partial charge < -0.3 is 9.84 Å². The van der Waals surface area contributed by atoms with Gasteiger partial charge >= 0.3 is 5.97 Å². The number of phenols is 1. The number of thiol groups is 1. The fraction of sp³-hybridized carbons (Fsp3) is 0.111. The Hall–Kier alpha value is -1.67. The number of aromatic hydroxyl groups is 1. The van der Waals surface area contributed by atoms with Gasteiger partial charge in [-0.05, 0) is 12.1 Å². The van der Waals surface area contributed by atoms with Crippen LogP contribution < -0.4 is 0 Å². The maximum atomic E-state index is 11.2. The van der Waals surface area contributed by atoms with E-state index in [1.165, 1.54) is 19.2 Å². The van der Waals surface area contributed by atoms with E-state index >= 15 is 0 Å². The molecule has 0 fully saturated rings. The average molecular weight is 209 g/mol. The van der Waals surface area contributed by atoms with Gasteiger partial charge in [-0.25, -0.2) is 4.79 Å². The van der Waals surface area contributed by atoms with Crippen LogP contribution in [0, 0.1) is 11.3 Å². The minimum atomic E-state index is -0.591. The number of rotatable bonds is 1. The van der Waals surface area contributed by atoms with Crippen molar-refractivity contribution in [1.82, 2.24) is 0 Å². The summed E-state index contributed by atoms with van der Waals surface area (Å²) in [6, 6.07) is 4.22. The number of benzene rings is 1. The highest BCUT2D eigenvalue weighted by Crippen LogP contribution is 2.24. The Labute approximate surface area is 86.1 Å². The Morgan fingerprint density at radius 3 is 2.79 bits per heavy atom. The van der Waals surface area contributed by atoms with Crippen LogP contribution in [0.25, 0.3) is 0 Å². The van der Waals surface area contributed by atoms with E-state index in [1.54, 1.807) is 6.07 Å². The molecule has 0 saturated carbocycles. The molecule has 5 heteroatoms. The van der Waals surface area contributed by atoms with Gasteiger partial charge in [-0.2, -0.15) is 5.26 Å². The van der Waals surface area contributed by atoms with Crippen LogP contribution in [0.2, 0.25) is 0 Å². The van der Waals surface area contributed by atoms with Crippen LogP contribution in [0.3, 0.4) is 0 Å². The molecule has 0 spiro atoms. The van der Waals surface area contributed by atoms with Gasteiger partial charge in [-0.15, -0.1) is 12.6 Å². The Balaban J connectivity index is 3.33. The zero-order chi connectivity index (χ0) is 10.7. The molecule has 0 radical (unpaired) electrons. The SMILES string of the molecule is COC(=O)c1cc(C#N)c(O)cc1S. The molecule has 0 atom stereocenters. The minimum Gasteiger partial charge on any atom is -0.507 e. The van der Waals surface area contributed by atoms with E-state index < -0.39 is 5.97 Å². The Morgan fingerprint density at radius 1 is 1.64 bits per heavy atom. The Kier molecular flexibility index (Phi) is 2.99. The second-order valence-electron chi connectivity index (χ2n) is 2.49. The molecule has 1 aromatic carbocycles. The first-order valence-electron chi connectivity index (χ1n) is 3.64. The lowest BCUT2D eigenvalue weighted by atomic mass is 10.1. The molecule has 0 heterocycles. The molecule has 14 heavy (non-hydrogen) atoms. The maximum absolute atomic E-state index is 11.2. The Bertz CT molecular complexity index is 423. The van der Waals surface area contributed by atoms with E-state index in [2.05, 4.69) is 17.4 Å². The minimum absolute atomic E-state index is 0.0169. The fourth-order valence-electron chi connectivity index (χ4n) is 0.940. The first-order chi connectivity index (χ1) is 6.60. The number of nitrogens with zero attached hydrogens (tertiary/aromatic N) is 1. The van der Waals surface area contributed by atoms with Gasteiger partial charge in [0.05, 0.1) is 18.2 Å². The largest absolute Gasteiger partial charge is 0.507 e. The van der Waals surface area contributed by atoms with Crippen LogP contribution in [0.1, 0.15) is 15.9 Å². The number of hydrogen-bond donors (Lipinski definition) is 2. The van der Waals surface area contributed by atoms with Crippen molar-refractivity contribution in [3.8, 4) is 11.8 Å². The fourth-order valence-corrected chi connectivity index (χ4v) is 1.22. The monoisotopic (exact) mass is 209 g/mol. The van der Waals surface area contributed by atoms with Crippen molar-refractivity contribution in [1.29, 1.82) is 5.26 Å². The maximum Gasteiger partial charge on any atom is 0.339 e. The van der Waals surface area contributed by atoms with Crippen LogP contribution in [-0.4, -0.2) is 18.2 Å². The van der Waals surface area contributed by atoms with Gasteiger partial charge in [0.15, 0.2) is 0 Å². The molecule has 0 aliphatic heterocycles. The molecular formula is C9H7NO3S. The Morgan fingerprint density at radius 2 is 2.29 bits per heavy atom. The quantitative estimate of drug-likeness (QED) is 0.541. The third kappa shape index (κ3) is 1.80. The van der Waals surface area contributed by atoms with E-state index in [1.807, 2.05) is 0 Å². The number of ether oxygens (including phenoxy) is 1. The first kappa shape index (κ1) is 10.4. The highest BCUT2D eigenvalue weighted by Gasteiger charge is 2.13. The van der Waals surface area contributed by atoms with Crippen LogP contribution in [0.5, 0.6) is 5.75 Å². The standard InChI is InChI=1S/C9H7NO3S/c1-13-9(12)6-2-5(4-10)7(11)3-8(6)14/h2-3,11,14H,1H3. The molecule has 0 saturated heterocycles. The summed E-state index contributed by atoms with van der Waals surface area (Å²) in [7, 11) is 1.23. The molecule has 72 valence electrons. The molecule has 1 aromatic rings. The number of carbonyl (C=O) groups excluding carboxylic acids is 1. The predicted molar refractivity (Wildman–Crippen MR) is 51.4 cm³/mol. The summed E-state index contributed by atoms with van der Waals surface area (Å²) in [4.78, 5) is 11.4. The van der Waals surface area contributed by atoms with Gasteiger partial charge in [0.2, 0.25) is 0 Å². The highest BCUT2D eigenvalue weighted by atomic mass is 32.1. The lowest BCUT2D eigenvalue weighted by Crippen LogP contribution is -2.03. The molecule has 1 rings (SSSR count). The van der Waals surface area contributed by atoms with Gasteiger partial charge in [-0.1, -0.05) is 0 Å². The van der Waals surface area contributed by atoms with Crippen LogP contribution in [-0.2, 0) is 4.74 Å². The molecule has 0 aliphatic carbocycles. The predicted octanol–water partition coefficient (Wildman–Crippen LogP) is 1.34. The zero-order valence-electron chi connectivity index (χ0n) is 7.31. The summed E-state index contributed by atoms with van der Waals surface area (Å²) in [5.74, 6) is -0.795. The van der Waals surface area contributed by atoms with Crippen molar-refractivity contribution in [3.63, 3.8) is 0 Å². The van der Waals surface area contributed by atoms with Crippen molar-refractivity contribution < 1.29 is 14.6 Å². The van der Waals surface area contributed by atoms with Gasteiger partial charge in [-0.3, -0.25) is 0 Å². The average Bonchev–Trinajstić information content (AvgIpc) is 2.17. The van der Waals surface area contributed by atoms with Gasteiger partial charge in [0.25, 0.3) is 0 Å². The molecule has 0 bridgehead atoms. The summed E-state index contributed by atoms with van der Waals surface area (Å²) in [5, 5.41) is 17.8. The molecule has 0 aliphatic rings. The molecule has 0 unspecified atom stereocenters. The first-order valence-corrected chi connectivity index (χ1v) is 4.09. The van der Waals surface area contributed by atoms with Crippen LogP contribution >= 0.6 is 12.6 Å². The second kappa shape index (κ2) is 4.03. The number of methoxy groups -OCH3 is 1. The van der Waals surface area contributed by atoms with E-state index in [-0.39, 0.29) is 21.8 Å². The normalized spacial score (nSPS) is 9.21. The van der Waals surface area contributed by atoms with Crippen molar-refractivity contribution in [2.24, 2.45) is 0 Å². The number of hydrogen-bond acceptors (Lipinski definition) is 5. The van der Waals surface area contributed by atoms with Crippen molar-refractivity contribution in [3.05, 3.63) is 23.3 Å². The number of nitriles is 1. The molecule has 0 aromatic heterocycles. The van der Waals surface area contributed by atoms with E-state index in [0.717, 1.165) is 0 Å². The second-order valence-corrected chi connectivity index (χ2v) is 2.97. The number of esters is 1. The summed E-state index contributed by atoms with van der Waals surface area (Å²) in [6.45, 7) is 0. The van der Waals surface area contributed by atoms with E-state index in [9.17, 15) is 9.90 Å². The molecule has 0 amide bonds. The van der Waals surface area contributed by atoms with Gasteiger partial charge in [0.1, 0.15) is 11.8 Å². The number of carbonyl (C=O) groups is 1. The van der Waals surface area contributed by atoms with Crippen LogP contribution in [0.4, 0.5) is 0 Å². The summed E-state index contributed by atoms with van der Waals surface area (Å²) in [6.07, 6.45) is 0. The van der Waals surface area contributed by atoms with Crippen LogP contribution in [0.15, 0.2) is 17.0 Å². The molecule has 4 nitrogen and oxygen atoms in total. The van der Waals surface area contributed by atoms with E-state index in [0.29, 0.717) is 0 Å². The lowest BCUT2D eigenvalue weighted by Gasteiger charge is -2.04. The van der Waals surface area contributed by atoms with Crippen molar-refractivity contribution in [2.45, 2.75) is 4.90 Å². The van der Waals surface area contributed by atoms with Crippen molar-refractivity contribution in [2.75, 3.05) is 7.11 Å². The van der Waals surface area contributed by atoms with E-state index in [4.69, 9.17) is 5.26 Å². The summed E-state index contributed by atoms with van der Waals surface area (Å²) < 4.78 is 4.48.